The van der Waals surface area contributed by atoms with E-state index in [1.54, 1.807) is 42.5 Å². The van der Waals surface area contributed by atoms with Gasteiger partial charge in [-0.05, 0) is 54.8 Å². The van der Waals surface area contributed by atoms with Gasteiger partial charge in [-0.2, -0.15) is 0 Å². The van der Waals surface area contributed by atoms with Crippen LogP contribution in [0, 0.1) is 0 Å². The molecule has 2 amide bonds. The summed E-state index contributed by atoms with van der Waals surface area (Å²) in [4.78, 5) is 24.2. The van der Waals surface area contributed by atoms with Gasteiger partial charge in [-0.3, -0.25) is 9.59 Å². The molecule has 6 heteroatoms. The molecule has 0 aromatic heterocycles. The van der Waals surface area contributed by atoms with E-state index in [2.05, 4.69) is 5.32 Å². The summed E-state index contributed by atoms with van der Waals surface area (Å²) in [5.74, 6) is -0.307. The summed E-state index contributed by atoms with van der Waals surface area (Å²) in [7, 11) is 0. The normalized spacial score (nSPS) is 10.7. The Kier molecular flexibility index (Phi) is 8.00. The van der Waals surface area contributed by atoms with Crippen LogP contribution in [0.4, 0.5) is 0 Å². The molecule has 0 atom stereocenters. The number of nitrogens with two attached hydrogens (primary N) is 1. The monoisotopic (exact) mass is 432 g/mol. The molecule has 3 aromatic rings. The molecule has 0 saturated carbocycles. The lowest BCUT2D eigenvalue weighted by atomic mass is 10.1. The lowest BCUT2D eigenvalue weighted by Gasteiger charge is -2.11. The number of ether oxygens (including phenoxy) is 2. The van der Waals surface area contributed by atoms with Crippen molar-refractivity contribution >= 4 is 11.8 Å². The maximum absolute atomic E-state index is 12.7. The average Bonchev–Trinajstić information content (AvgIpc) is 2.80. The number of hydrogen-bond acceptors (Lipinski definition) is 4. The van der Waals surface area contributed by atoms with Gasteiger partial charge in [0.15, 0.2) is 0 Å². The number of rotatable bonds is 10. The molecule has 0 saturated heterocycles. The van der Waals surface area contributed by atoms with Crippen LogP contribution in [-0.4, -0.2) is 17.9 Å². The van der Waals surface area contributed by atoms with Crippen molar-refractivity contribution in [2.45, 2.75) is 39.7 Å². The van der Waals surface area contributed by atoms with Gasteiger partial charge >= 0.3 is 0 Å². The highest BCUT2D eigenvalue weighted by Crippen LogP contribution is 2.19. The molecule has 0 radical (unpaired) electrons. The molecule has 0 bridgehead atoms. The second-order valence-corrected chi connectivity index (χ2v) is 7.71. The van der Waals surface area contributed by atoms with Crippen molar-refractivity contribution in [3.8, 4) is 5.75 Å². The van der Waals surface area contributed by atoms with E-state index in [1.165, 1.54) is 0 Å². The summed E-state index contributed by atoms with van der Waals surface area (Å²) in [6.07, 6.45) is 0.166. The number of carbonyl (C=O) groups excluding carboxylic acids is 2. The maximum Gasteiger partial charge on any atom is 0.252 e. The molecule has 0 heterocycles. The quantitative estimate of drug-likeness (QED) is 0.502. The molecule has 32 heavy (non-hydrogen) atoms. The fraction of sp³-hybridized carbons (Fsp3) is 0.231. The van der Waals surface area contributed by atoms with E-state index in [4.69, 9.17) is 15.2 Å². The van der Waals surface area contributed by atoms with E-state index in [0.29, 0.717) is 30.0 Å². The molecule has 0 fully saturated rings. The van der Waals surface area contributed by atoms with Crippen LogP contribution in [-0.2, 0) is 24.5 Å². The van der Waals surface area contributed by atoms with E-state index in [1.807, 2.05) is 44.2 Å². The standard InChI is InChI=1S/C26H28N2O4/c1-18(2)31-16-20-8-5-7-19(13-20)15-28-26(30)22-10-6-9-21(14-22)17-32-24-12-4-3-11-23(24)25(27)29/h3-14,18H,15-17H2,1-2H3,(H2,27,29)(H,28,30). The fourth-order valence-electron chi connectivity index (χ4n) is 3.14. The Hall–Kier alpha value is -3.64. The Balaban J connectivity index is 1.59. The first-order valence-corrected chi connectivity index (χ1v) is 10.5. The summed E-state index contributed by atoms with van der Waals surface area (Å²) in [5, 5.41) is 2.95. The summed E-state index contributed by atoms with van der Waals surface area (Å²) in [6, 6.07) is 22.0. The second kappa shape index (κ2) is 11.1. The highest BCUT2D eigenvalue weighted by molar-refractivity contribution is 5.95. The van der Waals surface area contributed by atoms with Crippen molar-refractivity contribution in [2.24, 2.45) is 5.73 Å². The van der Waals surface area contributed by atoms with Gasteiger partial charge in [0.1, 0.15) is 12.4 Å². The van der Waals surface area contributed by atoms with Crippen LogP contribution in [0.5, 0.6) is 5.75 Å². The Morgan fingerprint density at radius 3 is 2.31 bits per heavy atom. The number of benzene rings is 3. The second-order valence-electron chi connectivity index (χ2n) is 7.71. The Labute approximate surface area is 188 Å². The van der Waals surface area contributed by atoms with Crippen LogP contribution in [0.15, 0.2) is 72.8 Å². The van der Waals surface area contributed by atoms with Gasteiger partial charge in [0.05, 0.1) is 18.3 Å². The van der Waals surface area contributed by atoms with E-state index in [-0.39, 0.29) is 18.6 Å². The summed E-state index contributed by atoms with van der Waals surface area (Å²) in [6.45, 7) is 5.17. The minimum atomic E-state index is -0.548. The predicted molar refractivity (Wildman–Crippen MR) is 123 cm³/mol. The van der Waals surface area contributed by atoms with E-state index in [0.717, 1.165) is 16.7 Å². The number of nitrogens with one attached hydrogen (secondary N) is 1. The Morgan fingerprint density at radius 2 is 1.56 bits per heavy atom. The van der Waals surface area contributed by atoms with Crippen molar-refractivity contribution in [1.82, 2.24) is 5.32 Å². The van der Waals surface area contributed by atoms with Crippen LogP contribution in [0.3, 0.4) is 0 Å². The van der Waals surface area contributed by atoms with Gasteiger partial charge in [0, 0.05) is 12.1 Å². The first-order valence-electron chi connectivity index (χ1n) is 10.5. The van der Waals surface area contributed by atoms with Crippen LogP contribution in [0.25, 0.3) is 0 Å². The van der Waals surface area contributed by atoms with Crippen molar-refractivity contribution in [3.63, 3.8) is 0 Å². The van der Waals surface area contributed by atoms with Crippen molar-refractivity contribution in [3.05, 3.63) is 101 Å². The summed E-state index contributed by atoms with van der Waals surface area (Å²) < 4.78 is 11.4. The molecule has 0 spiro atoms. The molecular weight excluding hydrogens is 404 g/mol. The Morgan fingerprint density at radius 1 is 0.875 bits per heavy atom. The highest BCUT2D eigenvalue weighted by atomic mass is 16.5. The third-order valence-corrected chi connectivity index (χ3v) is 4.76. The number of carbonyl (C=O) groups is 2. The SMILES string of the molecule is CC(C)OCc1cccc(CNC(=O)c2cccc(COc3ccccc3C(N)=O)c2)c1. The minimum absolute atomic E-state index is 0.166. The molecule has 0 aliphatic carbocycles. The number of hydrogen-bond donors (Lipinski definition) is 2. The van der Waals surface area contributed by atoms with Gasteiger partial charge in [-0.25, -0.2) is 0 Å². The maximum atomic E-state index is 12.7. The molecule has 3 N–H and O–H groups in total. The zero-order valence-corrected chi connectivity index (χ0v) is 18.3. The molecule has 0 aliphatic heterocycles. The molecular formula is C26H28N2O4. The average molecular weight is 433 g/mol. The van der Waals surface area contributed by atoms with Gasteiger partial charge in [-0.1, -0.05) is 48.5 Å². The van der Waals surface area contributed by atoms with Crippen LogP contribution >= 0.6 is 0 Å². The largest absolute Gasteiger partial charge is 0.488 e. The fourth-order valence-corrected chi connectivity index (χ4v) is 3.14. The topological polar surface area (TPSA) is 90.7 Å². The van der Waals surface area contributed by atoms with E-state index in [9.17, 15) is 9.59 Å². The third-order valence-electron chi connectivity index (χ3n) is 4.76. The number of amides is 2. The summed E-state index contributed by atoms with van der Waals surface area (Å²) >= 11 is 0. The van der Waals surface area contributed by atoms with Crippen molar-refractivity contribution in [2.75, 3.05) is 0 Å². The number of para-hydroxylation sites is 1. The molecule has 166 valence electrons. The zero-order chi connectivity index (χ0) is 22.9. The predicted octanol–water partition coefficient (Wildman–Crippen LogP) is 4.22. The molecule has 3 rings (SSSR count). The molecule has 6 nitrogen and oxygen atoms in total. The van der Waals surface area contributed by atoms with Crippen LogP contribution < -0.4 is 15.8 Å². The van der Waals surface area contributed by atoms with Crippen LogP contribution in [0.1, 0.15) is 51.3 Å². The molecule has 0 unspecified atom stereocenters. The van der Waals surface area contributed by atoms with E-state index >= 15 is 0 Å². The van der Waals surface area contributed by atoms with Crippen molar-refractivity contribution in [1.29, 1.82) is 0 Å². The van der Waals surface area contributed by atoms with E-state index < -0.39 is 5.91 Å². The third kappa shape index (κ3) is 6.68. The highest BCUT2D eigenvalue weighted by Gasteiger charge is 2.10. The first-order chi connectivity index (χ1) is 15.4. The smallest absolute Gasteiger partial charge is 0.252 e. The lowest BCUT2D eigenvalue weighted by molar-refractivity contribution is 0.0657. The lowest BCUT2D eigenvalue weighted by Crippen LogP contribution is -2.23. The first kappa shape index (κ1) is 23.0. The minimum Gasteiger partial charge on any atom is -0.488 e. The molecule has 0 aliphatic rings. The van der Waals surface area contributed by atoms with Gasteiger partial charge in [0.2, 0.25) is 0 Å². The Bertz CT molecular complexity index is 1080. The van der Waals surface area contributed by atoms with Gasteiger partial charge in [-0.15, -0.1) is 0 Å². The molecule has 3 aromatic carbocycles. The van der Waals surface area contributed by atoms with Gasteiger partial charge in [0.25, 0.3) is 11.8 Å². The van der Waals surface area contributed by atoms with Crippen molar-refractivity contribution < 1.29 is 19.1 Å². The zero-order valence-electron chi connectivity index (χ0n) is 18.3. The van der Waals surface area contributed by atoms with Gasteiger partial charge < -0.3 is 20.5 Å². The summed E-state index contributed by atoms with van der Waals surface area (Å²) in [5.41, 5.74) is 9.13. The van der Waals surface area contributed by atoms with Crippen LogP contribution in [0.2, 0.25) is 0 Å². The number of primary amides is 1.